The van der Waals surface area contributed by atoms with E-state index in [4.69, 9.17) is 0 Å². The molecule has 1 fully saturated rings. The molecule has 1 atom stereocenters. The van der Waals surface area contributed by atoms with E-state index in [0.717, 1.165) is 24.3 Å². The zero-order chi connectivity index (χ0) is 16.8. The van der Waals surface area contributed by atoms with Crippen molar-refractivity contribution in [2.24, 2.45) is 0 Å². The van der Waals surface area contributed by atoms with E-state index in [1.807, 2.05) is 14.1 Å². The minimum absolute atomic E-state index is 0.0994. The smallest absolute Gasteiger partial charge is 0.309 e. The van der Waals surface area contributed by atoms with Crippen LogP contribution in [0.4, 0.5) is 5.69 Å². The van der Waals surface area contributed by atoms with Crippen molar-refractivity contribution in [3.05, 3.63) is 29.8 Å². The molecule has 1 unspecified atom stereocenters. The van der Waals surface area contributed by atoms with Gasteiger partial charge < -0.3 is 15.5 Å². The van der Waals surface area contributed by atoms with Gasteiger partial charge in [-0.1, -0.05) is 12.1 Å². The van der Waals surface area contributed by atoms with Gasteiger partial charge >= 0.3 is 11.8 Å². The Morgan fingerprint density at radius 1 is 1.13 bits per heavy atom. The topological polar surface area (TPSA) is 64.7 Å². The van der Waals surface area contributed by atoms with Crippen molar-refractivity contribution in [2.75, 3.05) is 45.7 Å². The zero-order valence-corrected chi connectivity index (χ0v) is 14.1. The maximum atomic E-state index is 11.7. The van der Waals surface area contributed by atoms with Crippen LogP contribution in [0.15, 0.2) is 24.3 Å². The summed E-state index contributed by atoms with van der Waals surface area (Å²) in [6.07, 6.45) is 2.35. The molecule has 0 aromatic heterocycles. The number of carbonyl (C=O) groups excluding carboxylic acids is 2. The monoisotopic (exact) mass is 318 g/mol. The normalized spacial score (nSPS) is 16.0. The molecule has 2 amide bonds. The summed E-state index contributed by atoms with van der Waals surface area (Å²) in [6.45, 7) is 2.49. The molecule has 6 nitrogen and oxygen atoms in total. The number of nitrogens with one attached hydrogen (secondary N) is 2. The van der Waals surface area contributed by atoms with E-state index in [2.05, 4.69) is 44.7 Å². The summed E-state index contributed by atoms with van der Waals surface area (Å²) in [4.78, 5) is 27.5. The van der Waals surface area contributed by atoms with E-state index in [-0.39, 0.29) is 6.04 Å². The maximum absolute atomic E-state index is 11.7. The number of anilines is 1. The first-order chi connectivity index (χ1) is 11.0. The quantitative estimate of drug-likeness (QED) is 0.787. The Bertz CT molecular complexity index is 536. The van der Waals surface area contributed by atoms with Crippen molar-refractivity contribution < 1.29 is 9.59 Å². The zero-order valence-electron chi connectivity index (χ0n) is 14.1. The SMILES string of the molecule is CNC(=O)C(=O)NCC(c1ccc(N(C)C)cc1)N1CCCC1. The minimum atomic E-state index is -0.604. The van der Waals surface area contributed by atoms with Gasteiger partial charge in [0.2, 0.25) is 0 Å². The lowest BCUT2D eigenvalue weighted by Crippen LogP contribution is -2.42. The standard InChI is InChI=1S/C17H26N4O2/c1-18-16(22)17(23)19-12-15(21-10-4-5-11-21)13-6-8-14(9-7-13)20(2)3/h6-9,15H,4-5,10-12H2,1-3H3,(H,18,22)(H,19,23). The molecule has 2 rings (SSSR count). The number of amides is 2. The second kappa shape index (κ2) is 7.97. The molecule has 126 valence electrons. The third kappa shape index (κ3) is 4.45. The van der Waals surface area contributed by atoms with Crippen LogP contribution in [0.1, 0.15) is 24.4 Å². The second-order valence-electron chi connectivity index (χ2n) is 6.03. The van der Waals surface area contributed by atoms with E-state index in [9.17, 15) is 9.59 Å². The fourth-order valence-electron chi connectivity index (χ4n) is 2.89. The Hall–Kier alpha value is -2.08. The minimum Gasteiger partial charge on any atom is -0.378 e. The molecular formula is C17H26N4O2. The Kier molecular flexibility index (Phi) is 5.98. The van der Waals surface area contributed by atoms with Crippen molar-refractivity contribution in [2.45, 2.75) is 18.9 Å². The molecule has 0 spiro atoms. The fraction of sp³-hybridized carbons (Fsp3) is 0.529. The fourth-order valence-corrected chi connectivity index (χ4v) is 2.89. The lowest BCUT2D eigenvalue weighted by atomic mass is 10.0. The van der Waals surface area contributed by atoms with Crippen LogP contribution in [-0.4, -0.2) is 57.5 Å². The van der Waals surface area contributed by atoms with Crippen LogP contribution in [0.2, 0.25) is 0 Å². The van der Waals surface area contributed by atoms with Gasteiger partial charge in [0.15, 0.2) is 0 Å². The molecule has 23 heavy (non-hydrogen) atoms. The van der Waals surface area contributed by atoms with Crippen LogP contribution in [0.5, 0.6) is 0 Å². The molecule has 1 saturated heterocycles. The van der Waals surface area contributed by atoms with E-state index < -0.39 is 11.8 Å². The molecule has 1 aromatic rings. The third-order valence-electron chi connectivity index (χ3n) is 4.26. The molecule has 0 radical (unpaired) electrons. The van der Waals surface area contributed by atoms with Crippen molar-refractivity contribution in [1.82, 2.24) is 15.5 Å². The molecule has 2 N–H and O–H groups in total. The molecule has 6 heteroatoms. The number of nitrogens with zero attached hydrogens (tertiary/aromatic N) is 2. The average Bonchev–Trinajstić information content (AvgIpc) is 3.08. The van der Waals surface area contributed by atoms with Gasteiger partial charge in [0, 0.05) is 33.4 Å². The highest BCUT2D eigenvalue weighted by Crippen LogP contribution is 2.26. The number of hydrogen-bond acceptors (Lipinski definition) is 4. The highest BCUT2D eigenvalue weighted by molar-refractivity contribution is 6.35. The Balaban J connectivity index is 2.10. The first kappa shape index (κ1) is 17.3. The summed E-state index contributed by atoms with van der Waals surface area (Å²) in [6, 6.07) is 8.47. The largest absolute Gasteiger partial charge is 0.378 e. The number of likely N-dealkylation sites (tertiary alicyclic amines) is 1. The van der Waals surface area contributed by atoms with Gasteiger partial charge in [0.05, 0.1) is 6.04 Å². The van der Waals surface area contributed by atoms with Crippen molar-refractivity contribution in [3.8, 4) is 0 Å². The number of benzene rings is 1. The van der Waals surface area contributed by atoms with E-state index >= 15 is 0 Å². The van der Waals surface area contributed by atoms with E-state index in [1.165, 1.54) is 19.9 Å². The number of likely N-dealkylation sites (N-methyl/N-ethyl adjacent to an activating group) is 1. The summed E-state index contributed by atoms with van der Waals surface area (Å²) >= 11 is 0. The van der Waals surface area contributed by atoms with Crippen LogP contribution in [-0.2, 0) is 9.59 Å². The predicted molar refractivity (Wildman–Crippen MR) is 91.4 cm³/mol. The van der Waals surface area contributed by atoms with Crippen LogP contribution < -0.4 is 15.5 Å². The van der Waals surface area contributed by atoms with Gasteiger partial charge in [0.25, 0.3) is 0 Å². The van der Waals surface area contributed by atoms with Gasteiger partial charge in [-0.25, -0.2) is 0 Å². The molecule has 1 aliphatic heterocycles. The van der Waals surface area contributed by atoms with E-state index in [0.29, 0.717) is 6.54 Å². The van der Waals surface area contributed by atoms with Gasteiger partial charge in [0.1, 0.15) is 0 Å². The van der Waals surface area contributed by atoms with Crippen LogP contribution in [0.3, 0.4) is 0 Å². The predicted octanol–water partition coefficient (Wildman–Crippen LogP) is 0.752. The lowest BCUT2D eigenvalue weighted by Gasteiger charge is -2.28. The van der Waals surface area contributed by atoms with Crippen molar-refractivity contribution in [1.29, 1.82) is 0 Å². The highest BCUT2D eigenvalue weighted by atomic mass is 16.2. The Morgan fingerprint density at radius 3 is 2.26 bits per heavy atom. The third-order valence-corrected chi connectivity index (χ3v) is 4.26. The van der Waals surface area contributed by atoms with Gasteiger partial charge in [-0.3, -0.25) is 14.5 Å². The Labute approximate surface area is 137 Å². The number of rotatable bonds is 5. The Morgan fingerprint density at radius 2 is 1.74 bits per heavy atom. The second-order valence-corrected chi connectivity index (χ2v) is 6.03. The summed E-state index contributed by atoms with van der Waals surface area (Å²) in [7, 11) is 5.48. The maximum Gasteiger partial charge on any atom is 0.309 e. The molecule has 1 aliphatic rings. The number of hydrogen-bond donors (Lipinski definition) is 2. The summed E-state index contributed by atoms with van der Waals surface area (Å²) in [5.41, 5.74) is 2.30. The molecule has 0 bridgehead atoms. The molecule has 0 aliphatic carbocycles. The first-order valence-electron chi connectivity index (χ1n) is 8.04. The highest BCUT2D eigenvalue weighted by Gasteiger charge is 2.24. The van der Waals surface area contributed by atoms with Gasteiger partial charge in [-0.05, 0) is 43.6 Å². The first-order valence-corrected chi connectivity index (χ1v) is 8.04. The van der Waals surface area contributed by atoms with Crippen LogP contribution in [0, 0.1) is 0 Å². The molecule has 1 aromatic carbocycles. The van der Waals surface area contributed by atoms with Crippen LogP contribution >= 0.6 is 0 Å². The van der Waals surface area contributed by atoms with E-state index in [1.54, 1.807) is 0 Å². The molecular weight excluding hydrogens is 292 g/mol. The molecule has 0 saturated carbocycles. The summed E-state index contributed by atoms with van der Waals surface area (Å²) in [5.74, 6) is -1.19. The lowest BCUT2D eigenvalue weighted by molar-refractivity contribution is -0.139. The van der Waals surface area contributed by atoms with Crippen molar-refractivity contribution >= 4 is 17.5 Å². The average molecular weight is 318 g/mol. The summed E-state index contributed by atoms with van der Waals surface area (Å²) < 4.78 is 0. The van der Waals surface area contributed by atoms with Gasteiger partial charge in [-0.2, -0.15) is 0 Å². The van der Waals surface area contributed by atoms with Crippen LogP contribution in [0.25, 0.3) is 0 Å². The molecule has 1 heterocycles. The summed E-state index contributed by atoms with van der Waals surface area (Å²) in [5, 5.41) is 5.09. The van der Waals surface area contributed by atoms with Crippen molar-refractivity contribution in [3.63, 3.8) is 0 Å². The van der Waals surface area contributed by atoms with Gasteiger partial charge in [-0.15, -0.1) is 0 Å². The number of carbonyl (C=O) groups is 2.